The molecular weight excluding hydrogens is 339 g/mol. The molecule has 2 aromatic carbocycles. The highest BCUT2D eigenvalue weighted by Crippen LogP contribution is 2.19. The van der Waals surface area contributed by atoms with Gasteiger partial charge in [0, 0.05) is 29.4 Å². The van der Waals surface area contributed by atoms with Crippen molar-refractivity contribution in [1.82, 2.24) is 0 Å². The van der Waals surface area contributed by atoms with Gasteiger partial charge in [-0.15, -0.1) is 0 Å². The fourth-order valence-electron chi connectivity index (χ4n) is 1.54. The van der Waals surface area contributed by atoms with E-state index in [0.717, 1.165) is 0 Å². The third-order valence-corrected chi connectivity index (χ3v) is 3.25. The molecule has 0 unspecified atom stereocenters. The third kappa shape index (κ3) is 6.10. The Morgan fingerprint density at radius 2 is 1.52 bits per heavy atom. The molecule has 0 saturated heterocycles. The molecule has 0 saturated carbocycles. The molecule has 23 heavy (non-hydrogen) atoms. The highest BCUT2D eigenvalue weighted by atomic mass is 35.5. The summed E-state index contributed by atoms with van der Waals surface area (Å²) < 4.78 is 0. The van der Waals surface area contributed by atoms with E-state index in [1.165, 1.54) is 13.0 Å². The first-order valence-electron chi connectivity index (χ1n) is 6.40. The van der Waals surface area contributed by atoms with Gasteiger partial charge >= 0.3 is 0 Å². The highest BCUT2D eigenvalue weighted by molar-refractivity contribution is 6.33. The number of anilines is 2. The predicted octanol–water partition coefficient (Wildman–Crippen LogP) is 3.85. The molecule has 5 nitrogen and oxygen atoms in total. The van der Waals surface area contributed by atoms with Crippen molar-refractivity contribution in [2.45, 2.75) is 6.92 Å². The van der Waals surface area contributed by atoms with Crippen molar-refractivity contribution in [3.8, 4) is 0 Å². The topological polar surface area (TPSA) is 89.3 Å². The van der Waals surface area contributed by atoms with Gasteiger partial charge in [0.1, 0.15) is 0 Å². The zero-order valence-corrected chi connectivity index (χ0v) is 13.7. The van der Waals surface area contributed by atoms with Crippen LogP contribution in [-0.2, 0) is 4.79 Å². The molecule has 7 heteroatoms. The molecule has 0 aliphatic rings. The first-order chi connectivity index (χ1) is 10.9. The van der Waals surface area contributed by atoms with E-state index in [4.69, 9.17) is 28.9 Å². The minimum Gasteiger partial charge on any atom is -0.399 e. The van der Waals surface area contributed by atoms with Gasteiger partial charge in [-0.25, -0.2) is 0 Å². The summed E-state index contributed by atoms with van der Waals surface area (Å²) in [5, 5.41) is 3.29. The summed E-state index contributed by atoms with van der Waals surface area (Å²) in [7, 11) is 0. The number of hydrogen-bond acceptors (Lipinski definition) is 4. The number of hydrogen-bond donors (Lipinski definition) is 2. The van der Waals surface area contributed by atoms with E-state index >= 15 is 0 Å². The van der Waals surface area contributed by atoms with Crippen LogP contribution < -0.4 is 11.1 Å². The van der Waals surface area contributed by atoms with E-state index in [2.05, 4.69) is 5.32 Å². The quantitative estimate of drug-likeness (QED) is 0.648. The van der Waals surface area contributed by atoms with Gasteiger partial charge in [0.05, 0.1) is 10.0 Å². The molecule has 0 atom stereocenters. The second-order valence-corrected chi connectivity index (χ2v) is 5.25. The smallest absolute Gasteiger partial charge is 0.221 e. The van der Waals surface area contributed by atoms with Crippen LogP contribution in [0.4, 0.5) is 11.4 Å². The van der Waals surface area contributed by atoms with Crippen molar-refractivity contribution in [3.05, 3.63) is 57.6 Å². The van der Waals surface area contributed by atoms with Gasteiger partial charge in [-0.2, -0.15) is 0 Å². The van der Waals surface area contributed by atoms with Crippen LogP contribution >= 0.6 is 23.2 Å². The van der Waals surface area contributed by atoms with Gasteiger partial charge in [0.2, 0.25) is 5.91 Å². The standard InChI is InChI=1S/C9H8ClNO2.C7H6ClNO/c1-6(13)11-8-3-2-7(5-12)9(10)4-8;8-7-3-6(9)2-1-5(7)4-10/h2-5H,1H3,(H,11,13);1-4H,9H2. The molecule has 120 valence electrons. The second-order valence-electron chi connectivity index (χ2n) is 4.43. The van der Waals surface area contributed by atoms with Gasteiger partial charge in [0.15, 0.2) is 12.6 Å². The molecule has 2 aromatic rings. The number of nitrogen functional groups attached to an aromatic ring is 1. The summed E-state index contributed by atoms with van der Waals surface area (Å²) in [6.45, 7) is 1.40. The van der Waals surface area contributed by atoms with Gasteiger partial charge in [0.25, 0.3) is 0 Å². The van der Waals surface area contributed by atoms with Crippen molar-refractivity contribution in [3.63, 3.8) is 0 Å². The Morgan fingerprint density at radius 3 is 1.96 bits per heavy atom. The summed E-state index contributed by atoms with van der Waals surface area (Å²) in [5.41, 5.74) is 7.41. The first-order valence-corrected chi connectivity index (χ1v) is 7.15. The number of rotatable bonds is 3. The maximum absolute atomic E-state index is 10.7. The van der Waals surface area contributed by atoms with Crippen molar-refractivity contribution in [1.29, 1.82) is 0 Å². The molecule has 1 amide bonds. The maximum Gasteiger partial charge on any atom is 0.221 e. The Balaban J connectivity index is 0.000000238. The van der Waals surface area contributed by atoms with Crippen molar-refractivity contribution >= 4 is 53.1 Å². The molecule has 0 fully saturated rings. The van der Waals surface area contributed by atoms with E-state index in [1.54, 1.807) is 30.3 Å². The monoisotopic (exact) mass is 352 g/mol. The Morgan fingerprint density at radius 1 is 1.00 bits per heavy atom. The molecular formula is C16H14Cl2N2O3. The minimum absolute atomic E-state index is 0.171. The average Bonchev–Trinajstić information content (AvgIpc) is 2.47. The number of nitrogens with one attached hydrogen (secondary N) is 1. The summed E-state index contributed by atoms with van der Waals surface area (Å²) in [6, 6.07) is 9.48. The van der Waals surface area contributed by atoms with Crippen molar-refractivity contribution in [2.24, 2.45) is 0 Å². The number of amides is 1. The Bertz CT molecular complexity index is 733. The van der Waals surface area contributed by atoms with Crippen LogP contribution in [0, 0.1) is 0 Å². The highest BCUT2D eigenvalue weighted by Gasteiger charge is 2.01. The number of aldehydes is 2. The third-order valence-electron chi connectivity index (χ3n) is 2.60. The molecule has 2 rings (SSSR count). The van der Waals surface area contributed by atoms with Crippen LogP contribution in [0.5, 0.6) is 0 Å². The van der Waals surface area contributed by atoms with Gasteiger partial charge in [-0.1, -0.05) is 23.2 Å². The lowest BCUT2D eigenvalue weighted by Crippen LogP contribution is -2.05. The van der Waals surface area contributed by atoms with E-state index in [1.807, 2.05) is 0 Å². The first kappa shape index (κ1) is 18.7. The second kappa shape index (κ2) is 8.92. The largest absolute Gasteiger partial charge is 0.399 e. The summed E-state index contributed by atoms with van der Waals surface area (Å²) in [5.74, 6) is -0.171. The minimum atomic E-state index is -0.171. The van der Waals surface area contributed by atoms with Gasteiger partial charge in [-0.3, -0.25) is 14.4 Å². The van der Waals surface area contributed by atoms with Crippen molar-refractivity contribution in [2.75, 3.05) is 11.1 Å². The van der Waals surface area contributed by atoms with E-state index in [9.17, 15) is 14.4 Å². The number of nitrogens with two attached hydrogens (primary N) is 1. The van der Waals surface area contributed by atoms with Crippen LogP contribution in [0.1, 0.15) is 27.6 Å². The average molecular weight is 353 g/mol. The number of carbonyl (C=O) groups is 3. The van der Waals surface area contributed by atoms with E-state index in [-0.39, 0.29) is 5.91 Å². The van der Waals surface area contributed by atoms with Crippen LogP contribution in [-0.4, -0.2) is 18.5 Å². The van der Waals surface area contributed by atoms with Crippen LogP contribution in [0.3, 0.4) is 0 Å². The fourth-order valence-corrected chi connectivity index (χ4v) is 2.00. The van der Waals surface area contributed by atoms with Crippen LogP contribution in [0.15, 0.2) is 36.4 Å². The van der Waals surface area contributed by atoms with E-state index < -0.39 is 0 Å². The number of benzene rings is 2. The zero-order valence-electron chi connectivity index (χ0n) is 12.2. The molecule has 0 spiro atoms. The van der Waals surface area contributed by atoms with Gasteiger partial charge < -0.3 is 11.1 Å². The summed E-state index contributed by atoms with van der Waals surface area (Å²) in [4.78, 5) is 31.3. The maximum atomic E-state index is 10.7. The normalized spacial score (nSPS) is 9.35. The Labute approximate surface area is 143 Å². The zero-order chi connectivity index (χ0) is 17.4. The van der Waals surface area contributed by atoms with Gasteiger partial charge in [-0.05, 0) is 36.4 Å². The lowest BCUT2D eigenvalue weighted by Gasteiger charge is -2.02. The van der Waals surface area contributed by atoms with Crippen molar-refractivity contribution < 1.29 is 14.4 Å². The SMILES string of the molecule is CC(=O)Nc1ccc(C=O)c(Cl)c1.Nc1ccc(C=O)c(Cl)c1. The molecule has 0 bridgehead atoms. The Hall–Kier alpha value is -2.37. The predicted molar refractivity (Wildman–Crippen MR) is 92.4 cm³/mol. The molecule has 0 aliphatic carbocycles. The summed E-state index contributed by atoms with van der Waals surface area (Å²) in [6.07, 6.45) is 1.36. The van der Waals surface area contributed by atoms with Crippen LogP contribution in [0.2, 0.25) is 10.0 Å². The van der Waals surface area contributed by atoms with Crippen LogP contribution in [0.25, 0.3) is 0 Å². The molecule has 0 aromatic heterocycles. The summed E-state index contributed by atoms with van der Waals surface area (Å²) >= 11 is 11.3. The lowest BCUT2D eigenvalue weighted by atomic mass is 10.2. The lowest BCUT2D eigenvalue weighted by molar-refractivity contribution is -0.114. The molecule has 0 aliphatic heterocycles. The fraction of sp³-hybridized carbons (Fsp3) is 0.0625. The van der Waals surface area contributed by atoms with E-state index in [0.29, 0.717) is 45.1 Å². The molecule has 0 radical (unpaired) electrons. The molecule has 3 N–H and O–H groups in total. The number of halogens is 2. The Kier molecular flexibility index (Phi) is 7.25. The molecule has 0 heterocycles. The number of carbonyl (C=O) groups excluding carboxylic acids is 3.